The molecule has 1 aromatic carbocycles. The number of hydrogen-bond donors (Lipinski definition) is 3. The molecule has 5 nitrogen and oxygen atoms in total. The van der Waals surface area contributed by atoms with Crippen LogP contribution in [0.3, 0.4) is 0 Å². The number of anilines is 1. The number of benzene rings is 1. The molecular formula is C15H23N3O2. The quantitative estimate of drug-likeness (QED) is 0.671. The summed E-state index contributed by atoms with van der Waals surface area (Å²) in [6, 6.07) is 6.60. The van der Waals surface area contributed by atoms with Gasteiger partial charge in [0.2, 0.25) is 0 Å². The van der Waals surface area contributed by atoms with E-state index in [4.69, 9.17) is 0 Å². The molecule has 0 radical (unpaired) electrons. The van der Waals surface area contributed by atoms with Crippen LogP contribution in [0.4, 0.5) is 10.5 Å². The molecule has 0 saturated heterocycles. The Balaban J connectivity index is 2.40. The second-order valence-electron chi connectivity index (χ2n) is 4.60. The highest BCUT2D eigenvalue weighted by Gasteiger charge is 2.05. The average molecular weight is 277 g/mol. The maximum Gasteiger partial charge on any atom is 0.319 e. The van der Waals surface area contributed by atoms with Crippen molar-refractivity contribution >= 4 is 17.6 Å². The van der Waals surface area contributed by atoms with Crippen molar-refractivity contribution in [2.24, 2.45) is 0 Å². The number of urea groups is 1. The molecule has 0 fully saturated rings. The molecule has 0 aliphatic rings. The van der Waals surface area contributed by atoms with Gasteiger partial charge in [-0.05, 0) is 24.6 Å². The monoisotopic (exact) mass is 277 g/mol. The third kappa shape index (κ3) is 5.73. The molecule has 5 heteroatoms. The fourth-order valence-corrected chi connectivity index (χ4v) is 1.81. The third-order valence-corrected chi connectivity index (χ3v) is 2.93. The zero-order valence-electron chi connectivity index (χ0n) is 12.2. The summed E-state index contributed by atoms with van der Waals surface area (Å²) >= 11 is 0. The van der Waals surface area contributed by atoms with Crippen LogP contribution in [-0.2, 0) is 0 Å². The maximum atomic E-state index is 11.7. The smallest absolute Gasteiger partial charge is 0.319 e. The molecule has 1 aromatic rings. The van der Waals surface area contributed by atoms with Crippen molar-refractivity contribution < 1.29 is 9.59 Å². The van der Waals surface area contributed by atoms with Crippen LogP contribution in [0, 0.1) is 0 Å². The Morgan fingerprint density at radius 1 is 1.15 bits per heavy atom. The summed E-state index contributed by atoms with van der Waals surface area (Å²) in [5.74, 6) is -0.173. The van der Waals surface area contributed by atoms with E-state index in [9.17, 15) is 9.59 Å². The van der Waals surface area contributed by atoms with Crippen molar-refractivity contribution in [1.82, 2.24) is 10.6 Å². The molecule has 0 heterocycles. The number of carbonyl (C=O) groups is 2. The Morgan fingerprint density at radius 2 is 1.95 bits per heavy atom. The Kier molecular flexibility index (Phi) is 7.17. The Morgan fingerprint density at radius 3 is 2.65 bits per heavy atom. The van der Waals surface area contributed by atoms with Crippen LogP contribution >= 0.6 is 0 Å². The standard InChI is InChI=1S/C15H23N3O2/c1-3-4-5-6-10-17-15(20)18-13-9-7-8-12(11-13)14(19)16-2/h7-9,11H,3-6,10H2,1-2H3,(H,16,19)(H2,17,18,20). The van der Waals surface area contributed by atoms with Crippen molar-refractivity contribution in [2.75, 3.05) is 18.9 Å². The molecule has 3 N–H and O–H groups in total. The molecule has 0 bridgehead atoms. The first-order valence-electron chi connectivity index (χ1n) is 7.04. The van der Waals surface area contributed by atoms with E-state index in [2.05, 4.69) is 22.9 Å². The van der Waals surface area contributed by atoms with E-state index < -0.39 is 0 Å². The SMILES string of the molecule is CCCCCCNC(=O)Nc1cccc(C(=O)NC)c1. The molecule has 0 aromatic heterocycles. The zero-order chi connectivity index (χ0) is 14.8. The lowest BCUT2D eigenvalue weighted by atomic mass is 10.2. The highest BCUT2D eigenvalue weighted by molar-refractivity contribution is 5.96. The van der Waals surface area contributed by atoms with Crippen molar-refractivity contribution in [2.45, 2.75) is 32.6 Å². The van der Waals surface area contributed by atoms with Crippen LogP contribution in [0.25, 0.3) is 0 Å². The Labute approximate surface area is 120 Å². The van der Waals surface area contributed by atoms with Gasteiger partial charge in [0.15, 0.2) is 0 Å². The van der Waals surface area contributed by atoms with Gasteiger partial charge in [-0.15, -0.1) is 0 Å². The van der Waals surface area contributed by atoms with Crippen LogP contribution in [0.15, 0.2) is 24.3 Å². The largest absolute Gasteiger partial charge is 0.355 e. The van der Waals surface area contributed by atoms with E-state index in [1.807, 2.05) is 0 Å². The second-order valence-corrected chi connectivity index (χ2v) is 4.60. The number of amides is 3. The first kappa shape index (κ1) is 16.0. The highest BCUT2D eigenvalue weighted by atomic mass is 16.2. The molecule has 1 rings (SSSR count). The number of rotatable bonds is 7. The van der Waals surface area contributed by atoms with E-state index >= 15 is 0 Å². The van der Waals surface area contributed by atoms with Gasteiger partial charge in [0.1, 0.15) is 0 Å². The molecule has 3 amide bonds. The number of unbranched alkanes of at least 4 members (excludes halogenated alkanes) is 3. The topological polar surface area (TPSA) is 70.2 Å². The van der Waals surface area contributed by atoms with E-state index in [1.54, 1.807) is 31.3 Å². The van der Waals surface area contributed by atoms with Crippen LogP contribution in [0.1, 0.15) is 43.0 Å². The first-order valence-corrected chi connectivity index (χ1v) is 7.04. The minimum absolute atomic E-state index is 0.173. The molecule has 0 aliphatic heterocycles. The van der Waals surface area contributed by atoms with Gasteiger partial charge in [-0.3, -0.25) is 4.79 Å². The lowest BCUT2D eigenvalue weighted by Gasteiger charge is -2.08. The van der Waals surface area contributed by atoms with Crippen molar-refractivity contribution in [3.63, 3.8) is 0 Å². The number of nitrogens with one attached hydrogen (secondary N) is 3. The Hall–Kier alpha value is -2.04. The van der Waals surface area contributed by atoms with Crippen molar-refractivity contribution in [3.05, 3.63) is 29.8 Å². The van der Waals surface area contributed by atoms with Gasteiger partial charge in [-0.2, -0.15) is 0 Å². The third-order valence-electron chi connectivity index (χ3n) is 2.93. The summed E-state index contributed by atoms with van der Waals surface area (Å²) in [4.78, 5) is 23.2. The summed E-state index contributed by atoms with van der Waals surface area (Å²) in [5, 5.41) is 8.07. The Bertz CT molecular complexity index is 446. The average Bonchev–Trinajstić information content (AvgIpc) is 2.46. The van der Waals surface area contributed by atoms with Crippen LogP contribution in [-0.4, -0.2) is 25.5 Å². The molecule has 0 spiro atoms. The molecule has 0 unspecified atom stereocenters. The lowest BCUT2D eigenvalue weighted by Crippen LogP contribution is -2.29. The molecular weight excluding hydrogens is 254 g/mol. The van der Waals surface area contributed by atoms with E-state index in [0.29, 0.717) is 17.8 Å². The highest BCUT2D eigenvalue weighted by Crippen LogP contribution is 2.10. The zero-order valence-corrected chi connectivity index (χ0v) is 12.2. The van der Waals surface area contributed by atoms with Gasteiger partial charge in [0.25, 0.3) is 5.91 Å². The maximum absolute atomic E-state index is 11.7. The molecule has 110 valence electrons. The fraction of sp³-hybridized carbons (Fsp3) is 0.467. The summed E-state index contributed by atoms with van der Waals surface area (Å²) < 4.78 is 0. The summed E-state index contributed by atoms with van der Waals surface area (Å²) in [5.41, 5.74) is 1.13. The van der Waals surface area contributed by atoms with Gasteiger partial charge in [0, 0.05) is 24.8 Å². The van der Waals surface area contributed by atoms with Gasteiger partial charge in [-0.25, -0.2) is 4.79 Å². The van der Waals surface area contributed by atoms with Gasteiger partial charge < -0.3 is 16.0 Å². The van der Waals surface area contributed by atoms with E-state index in [1.165, 1.54) is 12.8 Å². The summed E-state index contributed by atoms with van der Waals surface area (Å²) in [6.45, 7) is 2.82. The predicted molar refractivity (Wildman–Crippen MR) is 81.0 cm³/mol. The first-order chi connectivity index (χ1) is 9.67. The predicted octanol–water partition coefficient (Wildman–Crippen LogP) is 2.75. The lowest BCUT2D eigenvalue weighted by molar-refractivity contribution is 0.0963. The minimum atomic E-state index is -0.240. The van der Waals surface area contributed by atoms with E-state index in [0.717, 1.165) is 12.8 Å². The minimum Gasteiger partial charge on any atom is -0.355 e. The van der Waals surface area contributed by atoms with Crippen LogP contribution in [0.5, 0.6) is 0 Å². The van der Waals surface area contributed by atoms with Gasteiger partial charge >= 0.3 is 6.03 Å². The van der Waals surface area contributed by atoms with Gasteiger partial charge in [0.05, 0.1) is 0 Å². The molecule has 0 saturated carbocycles. The molecule has 0 aliphatic carbocycles. The van der Waals surface area contributed by atoms with Crippen LogP contribution in [0.2, 0.25) is 0 Å². The molecule has 20 heavy (non-hydrogen) atoms. The second kappa shape index (κ2) is 8.96. The number of hydrogen-bond acceptors (Lipinski definition) is 2. The summed E-state index contributed by atoms with van der Waals surface area (Å²) in [6.07, 6.45) is 4.48. The van der Waals surface area contributed by atoms with Crippen molar-refractivity contribution in [3.8, 4) is 0 Å². The van der Waals surface area contributed by atoms with E-state index in [-0.39, 0.29) is 11.9 Å². The number of carbonyl (C=O) groups excluding carboxylic acids is 2. The van der Waals surface area contributed by atoms with Crippen LogP contribution < -0.4 is 16.0 Å². The normalized spacial score (nSPS) is 9.90. The van der Waals surface area contributed by atoms with Crippen molar-refractivity contribution in [1.29, 1.82) is 0 Å². The fourth-order valence-electron chi connectivity index (χ4n) is 1.81. The van der Waals surface area contributed by atoms with Gasteiger partial charge in [-0.1, -0.05) is 32.3 Å². The summed E-state index contributed by atoms with van der Waals surface area (Å²) in [7, 11) is 1.57. The molecule has 0 atom stereocenters.